The summed E-state index contributed by atoms with van der Waals surface area (Å²) >= 11 is 2.50. The third-order valence-corrected chi connectivity index (χ3v) is 3.46. The minimum absolute atomic E-state index is 1.08. The minimum atomic E-state index is 1.08. The van der Waals surface area contributed by atoms with Crippen molar-refractivity contribution in [3.8, 4) is 0 Å². The van der Waals surface area contributed by atoms with E-state index in [1.165, 1.54) is 17.5 Å². The fourth-order valence-electron chi connectivity index (χ4n) is 1.78. The van der Waals surface area contributed by atoms with Crippen LogP contribution >= 0.6 is 22.6 Å². The Morgan fingerprint density at radius 2 is 2.00 bits per heavy atom. The zero-order valence-electron chi connectivity index (χ0n) is 4.73. The Bertz CT molecular complexity index is 87.9. The molecule has 0 aromatic carbocycles. The van der Waals surface area contributed by atoms with E-state index >= 15 is 0 Å². The molecule has 2 heteroatoms. The number of halogens is 1. The fourth-order valence-corrected chi connectivity index (χ4v) is 3.08. The van der Waals surface area contributed by atoms with Gasteiger partial charge in [-0.1, -0.05) is 22.6 Å². The molecule has 0 bridgehead atoms. The van der Waals surface area contributed by atoms with Crippen LogP contribution in [-0.4, -0.2) is 17.5 Å². The summed E-state index contributed by atoms with van der Waals surface area (Å²) in [6.45, 7) is 2.61. The average molecular weight is 223 g/mol. The van der Waals surface area contributed by atoms with Crippen LogP contribution in [0.15, 0.2) is 0 Å². The molecule has 1 aliphatic carbocycles. The summed E-state index contributed by atoms with van der Waals surface area (Å²) in [4.78, 5) is 0. The highest BCUT2D eigenvalue weighted by Gasteiger charge is 2.51. The zero-order valence-corrected chi connectivity index (χ0v) is 6.89. The molecule has 2 aliphatic rings. The monoisotopic (exact) mass is 223 g/mol. The molecule has 2 rings (SSSR count). The molecule has 2 fully saturated rings. The molecular weight excluding hydrogens is 213 g/mol. The molecule has 3 atom stereocenters. The van der Waals surface area contributed by atoms with E-state index in [9.17, 15) is 0 Å². The van der Waals surface area contributed by atoms with E-state index in [4.69, 9.17) is 0 Å². The number of alkyl halides is 1. The van der Waals surface area contributed by atoms with Crippen molar-refractivity contribution in [2.24, 2.45) is 17.8 Å². The lowest BCUT2D eigenvalue weighted by atomic mass is 10.3. The van der Waals surface area contributed by atoms with E-state index in [1.54, 1.807) is 0 Å². The largest absolute Gasteiger partial charge is 0.316 e. The van der Waals surface area contributed by atoms with Crippen molar-refractivity contribution in [1.82, 2.24) is 5.32 Å². The summed E-state index contributed by atoms with van der Waals surface area (Å²) < 4.78 is 1.38. The molecule has 0 aromatic rings. The van der Waals surface area contributed by atoms with Crippen LogP contribution < -0.4 is 5.32 Å². The molecule has 1 unspecified atom stereocenters. The first kappa shape index (κ1) is 5.47. The summed E-state index contributed by atoms with van der Waals surface area (Å²) in [7, 11) is 0. The van der Waals surface area contributed by atoms with E-state index in [-0.39, 0.29) is 0 Å². The second-order valence-corrected chi connectivity index (χ2v) is 3.68. The summed E-state index contributed by atoms with van der Waals surface area (Å²) in [5, 5.41) is 3.38. The number of hydrogen-bond donors (Lipinski definition) is 1. The van der Waals surface area contributed by atoms with Gasteiger partial charge in [-0.3, -0.25) is 0 Å². The quantitative estimate of drug-likeness (QED) is 0.514. The number of hydrogen-bond acceptors (Lipinski definition) is 1. The van der Waals surface area contributed by atoms with Gasteiger partial charge in [0.2, 0.25) is 0 Å². The third kappa shape index (κ3) is 0.620. The predicted molar refractivity (Wildman–Crippen MR) is 42.2 cm³/mol. The molecule has 1 saturated carbocycles. The predicted octanol–water partition coefficient (Wildman–Crippen LogP) is 0.887. The standard InChI is InChI=1S/C6H10IN/c7-1-4-5-2-8-3-6(4)5/h4-6,8H,1-3H2/t4?,5-,6+. The SMILES string of the molecule is ICC1[C@H]2CNC[C@@H]12. The summed E-state index contributed by atoms with van der Waals surface area (Å²) in [6, 6.07) is 0. The average Bonchev–Trinajstić information content (AvgIpc) is 2.22. The highest BCUT2D eigenvalue weighted by Crippen LogP contribution is 2.49. The fraction of sp³-hybridized carbons (Fsp3) is 1.00. The van der Waals surface area contributed by atoms with E-state index in [2.05, 4.69) is 27.9 Å². The van der Waals surface area contributed by atoms with Gasteiger partial charge in [-0.2, -0.15) is 0 Å². The number of fused-ring (bicyclic) bond motifs is 1. The van der Waals surface area contributed by atoms with Gasteiger partial charge in [-0.15, -0.1) is 0 Å². The maximum absolute atomic E-state index is 3.38. The molecule has 1 saturated heterocycles. The van der Waals surface area contributed by atoms with Gasteiger partial charge in [-0.05, 0) is 30.8 Å². The summed E-state index contributed by atoms with van der Waals surface area (Å²) in [5.41, 5.74) is 0. The van der Waals surface area contributed by atoms with Gasteiger partial charge in [0.1, 0.15) is 0 Å². The van der Waals surface area contributed by atoms with E-state index < -0.39 is 0 Å². The zero-order chi connectivity index (χ0) is 5.56. The van der Waals surface area contributed by atoms with Crippen LogP contribution in [0.5, 0.6) is 0 Å². The molecule has 46 valence electrons. The molecular formula is C6H10IN. The van der Waals surface area contributed by atoms with Gasteiger partial charge in [0, 0.05) is 4.43 Å². The van der Waals surface area contributed by atoms with Crippen LogP contribution in [0.25, 0.3) is 0 Å². The lowest BCUT2D eigenvalue weighted by Crippen LogP contribution is -2.14. The molecule has 1 N–H and O–H groups in total. The van der Waals surface area contributed by atoms with Gasteiger partial charge in [0.05, 0.1) is 0 Å². The molecule has 0 spiro atoms. The van der Waals surface area contributed by atoms with Gasteiger partial charge in [0.25, 0.3) is 0 Å². The Morgan fingerprint density at radius 1 is 1.38 bits per heavy atom. The lowest BCUT2D eigenvalue weighted by molar-refractivity contribution is 0.645. The van der Waals surface area contributed by atoms with Crippen LogP contribution in [0.4, 0.5) is 0 Å². The van der Waals surface area contributed by atoms with E-state index in [0.29, 0.717) is 0 Å². The smallest absolute Gasteiger partial charge is 0.00301 e. The van der Waals surface area contributed by atoms with Crippen molar-refractivity contribution in [2.45, 2.75) is 0 Å². The molecule has 1 heterocycles. The maximum Gasteiger partial charge on any atom is 0.00301 e. The first-order valence-corrected chi connectivity index (χ1v) is 4.72. The first-order valence-electron chi connectivity index (χ1n) is 3.20. The van der Waals surface area contributed by atoms with Crippen LogP contribution in [-0.2, 0) is 0 Å². The normalized spacial score (nSPS) is 51.4. The number of nitrogens with one attached hydrogen (secondary N) is 1. The Hall–Kier alpha value is 0.690. The Balaban J connectivity index is 1.94. The van der Waals surface area contributed by atoms with Crippen molar-refractivity contribution in [2.75, 3.05) is 17.5 Å². The number of rotatable bonds is 1. The van der Waals surface area contributed by atoms with Crippen LogP contribution in [0.1, 0.15) is 0 Å². The van der Waals surface area contributed by atoms with Crippen LogP contribution in [0.3, 0.4) is 0 Å². The molecule has 1 nitrogen and oxygen atoms in total. The Kier molecular flexibility index (Phi) is 1.26. The minimum Gasteiger partial charge on any atom is -0.316 e. The van der Waals surface area contributed by atoms with Gasteiger partial charge in [0.15, 0.2) is 0 Å². The molecule has 0 amide bonds. The van der Waals surface area contributed by atoms with Crippen molar-refractivity contribution >= 4 is 22.6 Å². The van der Waals surface area contributed by atoms with Crippen molar-refractivity contribution < 1.29 is 0 Å². The van der Waals surface area contributed by atoms with Gasteiger partial charge >= 0.3 is 0 Å². The lowest BCUT2D eigenvalue weighted by Gasteiger charge is -1.96. The first-order chi connectivity index (χ1) is 3.93. The third-order valence-electron chi connectivity index (χ3n) is 2.45. The van der Waals surface area contributed by atoms with Crippen molar-refractivity contribution in [1.29, 1.82) is 0 Å². The van der Waals surface area contributed by atoms with E-state index in [1.807, 2.05) is 0 Å². The topological polar surface area (TPSA) is 12.0 Å². The molecule has 1 aliphatic heterocycles. The Labute approximate surface area is 63.4 Å². The maximum atomic E-state index is 3.38. The Morgan fingerprint density at radius 3 is 2.38 bits per heavy atom. The summed E-state index contributed by atoms with van der Waals surface area (Å²) in [6.07, 6.45) is 0. The van der Waals surface area contributed by atoms with Crippen LogP contribution in [0, 0.1) is 17.8 Å². The van der Waals surface area contributed by atoms with Crippen LogP contribution in [0.2, 0.25) is 0 Å². The molecule has 8 heavy (non-hydrogen) atoms. The van der Waals surface area contributed by atoms with E-state index in [0.717, 1.165) is 17.8 Å². The highest BCUT2D eigenvalue weighted by atomic mass is 127. The second-order valence-electron chi connectivity index (χ2n) is 2.80. The van der Waals surface area contributed by atoms with Crippen molar-refractivity contribution in [3.05, 3.63) is 0 Å². The van der Waals surface area contributed by atoms with Gasteiger partial charge < -0.3 is 5.32 Å². The van der Waals surface area contributed by atoms with Gasteiger partial charge in [-0.25, -0.2) is 0 Å². The highest BCUT2D eigenvalue weighted by molar-refractivity contribution is 14.1. The molecule has 0 radical (unpaired) electrons. The summed E-state index contributed by atoms with van der Waals surface area (Å²) in [5.74, 6) is 3.25. The molecule has 0 aromatic heterocycles. The second kappa shape index (κ2) is 1.84. The van der Waals surface area contributed by atoms with Crippen molar-refractivity contribution in [3.63, 3.8) is 0 Å². The number of piperidine rings is 1.